The molecule has 152 valence electrons. The van der Waals surface area contributed by atoms with Crippen molar-refractivity contribution in [3.63, 3.8) is 0 Å². The second-order valence-corrected chi connectivity index (χ2v) is 16.5. The first kappa shape index (κ1) is 19.3. The summed E-state index contributed by atoms with van der Waals surface area (Å²) in [5, 5.41) is 0. The van der Waals surface area contributed by atoms with Crippen LogP contribution in [0.15, 0.2) is 127 Å². The van der Waals surface area contributed by atoms with Crippen LogP contribution in [0.5, 0.6) is 0 Å². The average Bonchev–Trinajstić information content (AvgIpc) is 2.97. The van der Waals surface area contributed by atoms with E-state index in [1.165, 1.54) is 45.4 Å². The summed E-state index contributed by atoms with van der Waals surface area (Å²) in [4.78, 5) is 0. The van der Waals surface area contributed by atoms with Crippen molar-refractivity contribution in [3.05, 3.63) is 133 Å². The van der Waals surface area contributed by atoms with Crippen LogP contribution in [-0.4, -0.2) is 13.3 Å². The molecule has 6 rings (SSSR count). The molecule has 0 saturated carbocycles. The van der Waals surface area contributed by atoms with Crippen LogP contribution < -0.4 is 17.6 Å². The van der Waals surface area contributed by atoms with E-state index in [9.17, 15) is 0 Å². The number of rotatable bonds is 2. The van der Waals surface area contributed by atoms with Crippen LogP contribution >= 0.6 is 0 Å². The summed E-state index contributed by atoms with van der Waals surface area (Å²) in [6, 6.07) is 47.8. The summed E-state index contributed by atoms with van der Waals surface area (Å²) < 4.78 is 5.98. The van der Waals surface area contributed by atoms with E-state index in [4.69, 9.17) is 0 Å². The van der Waals surface area contributed by atoms with Crippen molar-refractivity contribution in [2.24, 2.45) is 0 Å². The second-order valence-electron chi connectivity index (χ2n) is 8.62. The third-order valence-corrected chi connectivity index (χ3v) is 17.1. The molecule has 0 radical (unpaired) electrons. The van der Waals surface area contributed by atoms with Crippen LogP contribution in [0, 0.1) is 6.92 Å². The Morgan fingerprint density at radius 1 is 0.406 bits per heavy atom. The first-order chi connectivity index (χ1) is 15.8. The predicted octanol–water partition coefficient (Wildman–Crippen LogP) is 5.02. The third kappa shape index (κ3) is 2.76. The van der Waals surface area contributed by atoms with Gasteiger partial charge in [-0.25, -0.2) is 0 Å². The number of hydrogen-bond donors (Lipinski definition) is 0. The van der Waals surface area contributed by atoms with Gasteiger partial charge in [0.05, 0.1) is 0 Å². The van der Waals surface area contributed by atoms with Gasteiger partial charge in [0, 0.05) is 0 Å². The molecule has 1 heterocycles. The van der Waals surface area contributed by atoms with Gasteiger partial charge in [0.15, 0.2) is 0 Å². The average molecular weight is 469 g/mol. The van der Waals surface area contributed by atoms with Crippen molar-refractivity contribution in [1.29, 1.82) is 0 Å². The molecule has 0 aliphatic carbocycles. The van der Waals surface area contributed by atoms with Crippen LogP contribution in [0.2, 0.25) is 0 Å². The summed E-state index contributed by atoms with van der Waals surface area (Å²) >= 11 is -3.29. The first-order valence-electron chi connectivity index (χ1n) is 11.2. The molecule has 0 unspecified atom stereocenters. The molecular formula is C31H24Ge. The zero-order valence-electron chi connectivity index (χ0n) is 18.1. The predicted molar refractivity (Wildman–Crippen MR) is 139 cm³/mol. The maximum absolute atomic E-state index is 3.29. The maximum atomic E-state index is 2.41. The molecule has 0 atom stereocenters. The van der Waals surface area contributed by atoms with Crippen LogP contribution in [0.1, 0.15) is 5.56 Å². The Morgan fingerprint density at radius 2 is 0.875 bits per heavy atom. The van der Waals surface area contributed by atoms with Crippen LogP contribution in [-0.2, 0) is 0 Å². The number of aryl methyl sites for hydroxylation is 1. The quantitative estimate of drug-likeness (QED) is 0.313. The Kier molecular flexibility index (Phi) is 4.62. The van der Waals surface area contributed by atoms with Crippen LogP contribution in [0.25, 0.3) is 22.3 Å². The molecule has 0 N–H and O–H groups in total. The summed E-state index contributed by atoms with van der Waals surface area (Å²) in [5.74, 6) is 0. The summed E-state index contributed by atoms with van der Waals surface area (Å²) in [6.07, 6.45) is 0. The SMILES string of the molecule is Cc1ccc2c(c1)-c1cccc[c]1[Ge]([c]1ccccc1)([c]1ccccc1)[c]1ccccc1-2. The monoisotopic (exact) mass is 470 g/mol. The van der Waals surface area contributed by atoms with Crippen molar-refractivity contribution in [2.75, 3.05) is 0 Å². The molecule has 5 aromatic rings. The Morgan fingerprint density at radius 3 is 1.44 bits per heavy atom. The fourth-order valence-corrected chi connectivity index (χ4v) is 16.4. The molecule has 0 spiro atoms. The van der Waals surface area contributed by atoms with E-state index in [1.54, 1.807) is 0 Å². The molecule has 0 amide bonds. The fraction of sp³-hybridized carbons (Fsp3) is 0.0323. The van der Waals surface area contributed by atoms with E-state index in [0.717, 1.165) is 0 Å². The van der Waals surface area contributed by atoms with E-state index in [-0.39, 0.29) is 0 Å². The van der Waals surface area contributed by atoms with Gasteiger partial charge in [0.25, 0.3) is 0 Å². The molecule has 0 saturated heterocycles. The summed E-state index contributed by atoms with van der Waals surface area (Å²) in [6.45, 7) is 2.20. The van der Waals surface area contributed by atoms with E-state index in [1.807, 2.05) is 0 Å². The minimum absolute atomic E-state index is 1.30. The molecule has 0 bridgehead atoms. The summed E-state index contributed by atoms with van der Waals surface area (Å²) in [7, 11) is 0. The molecule has 0 aromatic heterocycles. The normalized spacial score (nSPS) is 13.4. The molecule has 5 aromatic carbocycles. The van der Waals surface area contributed by atoms with E-state index < -0.39 is 13.3 Å². The van der Waals surface area contributed by atoms with Gasteiger partial charge in [0.2, 0.25) is 0 Å². The first-order valence-corrected chi connectivity index (χ1v) is 15.4. The standard InChI is InChI=1S/C31H24Ge/c1-23-20-21-26-27-16-8-10-18-30(27)32(24-12-4-2-5-13-24,25-14-6-3-7-15-25)31-19-11-9-17-28(31)29(26)22-23/h2-22H,1H3. The van der Waals surface area contributed by atoms with Gasteiger partial charge in [0.1, 0.15) is 0 Å². The zero-order chi connectivity index (χ0) is 21.5. The molecular weight excluding hydrogens is 445 g/mol. The molecule has 1 aliphatic heterocycles. The second kappa shape index (κ2) is 7.65. The van der Waals surface area contributed by atoms with Gasteiger partial charge in [-0.1, -0.05) is 0 Å². The van der Waals surface area contributed by atoms with E-state index in [2.05, 4.69) is 134 Å². The van der Waals surface area contributed by atoms with Crippen molar-refractivity contribution in [1.82, 2.24) is 0 Å². The third-order valence-electron chi connectivity index (χ3n) is 6.83. The van der Waals surface area contributed by atoms with Crippen molar-refractivity contribution in [2.45, 2.75) is 6.92 Å². The van der Waals surface area contributed by atoms with Crippen molar-refractivity contribution in [3.8, 4) is 22.3 Å². The number of fused-ring (bicyclic) bond motifs is 5. The van der Waals surface area contributed by atoms with Crippen molar-refractivity contribution < 1.29 is 0 Å². The Hall–Kier alpha value is -3.36. The van der Waals surface area contributed by atoms with Crippen molar-refractivity contribution >= 4 is 30.8 Å². The van der Waals surface area contributed by atoms with Crippen LogP contribution in [0.4, 0.5) is 0 Å². The van der Waals surface area contributed by atoms with Crippen LogP contribution in [0.3, 0.4) is 0 Å². The van der Waals surface area contributed by atoms with Gasteiger partial charge < -0.3 is 0 Å². The molecule has 1 heteroatoms. The molecule has 0 fully saturated rings. The topological polar surface area (TPSA) is 0 Å². The van der Waals surface area contributed by atoms with Gasteiger partial charge in [-0.3, -0.25) is 0 Å². The number of benzene rings is 5. The molecule has 32 heavy (non-hydrogen) atoms. The molecule has 0 nitrogen and oxygen atoms in total. The van der Waals surface area contributed by atoms with E-state index >= 15 is 0 Å². The number of hydrogen-bond acceptors (Lipinski definition) is 0. The van der Waals surface area contributed by atoms with E-state index in [0.29, 0.717) is 0 Å². The van der Waals surface area contributed by atoms with Gasteiger partial charge >= 0.3 is 193 Å². The summed E-state index contributed by atoms with van der Waals surface area (Å²) in [5.41, 5.74) is 6.77. The van der Waals surface area contributed by atoms with Gasteiger partial charge in [-0.05, 0) is 0 Å². The minimum atomic E-state index is -3.29. The fourth-order valence-electron chi connectivity index (χ4n) is 5.52. The van der Waals surface area contributed by atoms with Gasteiger partial charge in [-0.2, -0.15) is 0 Å². The zero-order valence-corrected chi connectivity index (χ0v) is 20.2. The van der Waals surface area contributed by atoms with Gasteiger partial charge in [-0.15, -0.1) is 0 Å². The Balaban J connectivity index is 1.88. The Labute approximate surface area is 192 Å². The Bertz CT molecular complexity index is 1380. The molecule has 1 aliphatic rings.